The van der Waals surface area contributed by atoms with Crippen LogP contribution in [-0.2, 0) is 0 Å². The molecule has 3 aromatic heterocycles. The van der Waals surface area contributed by atoms with Crippen LogP contribution in [0.5, 0.6) is 11.8 Å². The summed E-state index contributed by atoms with van der Waals surface area (Å²) in [6, 6.07) is 7.44. The standard InChI is InChI=1S/C14H14N4O2/c1-3-20-11-7-6-10-13(17-11)18-12(16-10)9-5-4-8-15-14(9)19-2/h4-8H,3H2,1-2H3,(H,16,17,18). The number of nitrogens with one attached hydrogen (secondary N) is 1. The van der Waals surface area contributed by atoms with Crippen LogP contribution in [0.25, 0.3) is 22.6 Å². The highest BCUT2D eigenvalue weighted by atomic mass is 16.5. The highest BCUT2D eigenvalue weighted by molar-refractivity contribution is 5.77. The van der Waals surface area contributed by atoms with Crippen LogP contribution in [-0.4, -0.2) is 33.7 Å². The van der Waals surface area contributed by atoms with Gasteiger partial charge in [-0.05, 0) is 25.1 Å². The lowest BCUT2D eigenvalue weighted by atomic mass is 10.2. The van der Waals surface area contributed by atoms with Crippen LogP contribution in [0, 0.1) is 0 Å². The molecule has 0 radical (unpaired) electrons. The summed E-state index contributed by atoms with van der Waals surface area (Å²) in [4.78, 5) is 16.2. The lowest BCUT2D eigenvalue weighted by Crippen LogP contribution is -1.93. The second-order valence-corrected chi connectivity index (χ2v) is 4.10. The van der Waals surface area contributed by atoms with Crippen LogP contribution in [0.2, 0.25) is 0 Å². The molecule has 1 N–H and O–H groups in total. The Morgan fingerprint density at radius 2 is 2.10 bits per heavy atom. The van der Waals surface area contributed by atoms with Crippen LogP contribution in [0.4, 0.5) is 0 Å². The Morgan fingerprint density at radius 3 is 2.90 bits per heavy atom. The van der Waals surface area contributed by atoms with Gasteiger partial charge >= 0.3 is 0 Å². The minimum absolute atomic E-state index is 0.525. The molecule has 0 saturated heterocycles. The maximum Gasteiger partial charge on any atom is 0.224 e. The molecule has 3 rings (SSSR count). The average molecular weight is 270 g/mol. The van der Waals surface area contributed by atoms with Crippen molar-refractivity contribution in [3.05, 3.63) is 30.5 Å². The predicted octanol–water partition coefficient (Wildman–Crippen LogP) is 2.43. The number of hydrogen-bond donors (Lipinski definition) is 1. The fourth-order valence-corrected chi connectivity index (χ4v) is 1.96. The van der Waals surface area contributed by atoms with Gasteiger partial charge < -0.3 is 14.5 Å². The quantitative estimate of drug-likeness (QED) is 0.788. The average Bonchev–Trinajstić information content (AvgIpc) is 2.90. The highest BCUT2D eigenvalue weighted by Gasteiger charge is 2.12. The van der Waals surface area contributed by atoms with Gasteiger partial charge in [-0.25, -0.2) is 9.97 Å². The molecule has 0 saturated carbocycles. The maximum atomic E-state index is 5.37. The van der Waals surface area contributed by atoms with E-state index in [2.05, 4.69) is 19.9 Å². The summed E-state index contributed by atoms with van der Waals surface area (Å²) >= 11 is 0. The van der Waals surface area contributed by atoms with Gasteiger partial charge in [-0.3, -0.25) is 0 Å². The van der Waals surface area contributed by atoms with Gasteiger partial charge in [-0.2, -0.15) is 4.98 Å². The molecule has 0 unspecified atom stereocenters. The summed E-state index contributed by atoms with van der Waals surface area (Å²) in [5.74, 6) is 1.76. The molecule has 0 aliphatic rings. The predicted molar refractivity (Wildman–Crippen MR) is 74.8 cm³/mol. The number of rotatable bonds is 4. The summed E-state index contributed by atoms with van der Waals surface area (Å²) in [5.41, 5.74) is 2.25. The SMILES string of the molecule is CCOc1ccc2[nH]c(-c3cccnc3OC)nc2n1. The van der Waals surface area contributed by atoms with Crippen LogP contribution in [0.15, 0.2) is 30.5 Å². The molecule has 6 heteroatoms. The Kier molecular flexibility index (Phi) is 3.20. The van der Waals surface area contributed by atoms with Crippen LogP contribution in [0.3, 0.4) is 0 Å². The van der Waals surface area contributed by atoms with E-state index in [9.17, 15) is 0 Å². The number of nitrogens with zero attached hydrogens (tertiary/aromatic N) is 3. The van der Waals surface area contributed by atoms with Gasteiger partial charge in [0.05, 0.1) is 24.8 Å². The number of pyridine rings is 2. The fourth-order valence-electron chi connectivity index (χ4n) is 1.96. The lowest BCUT2D eigenvalue weighted by Gasteiger charge is -2.02. The first kappa shape index (κ1) is 12.4. The summed E-state index contributed by atoms with van der Waals surface area (Å²) in [5, 5.41) is 0. The topological polar surface area (TPSA) is 72.9 Å². The van der Waals surface area contributed by atoms with Gasteiger partial charge in [0.2, 0.25) is 11.8 Å². The smallest absolute Gasteiger partial charge is 0.224 e. The zero-order chi connectivity index (χ0) is 13.9. The zero-order valence-electron chi connectivity index (χ0n) is 11.3. The van der Waals surface area contributed by atoms with Crippen LogP contribution >= 0.6 is 0 Å². The molecule has 0 atom stereocenters. The van der Waals surface area contributed by atoms with Crippen molar-refractivity contribution in [2.45, 2.75) is 6.92 Å². The molecule has 0 amide bonds. The van der Waals surface area contributed by atoms with Crippen molar-refractivity contribution in [3.8, 4) is 23.1 Å². The summed E-state index contributed by atoms with van der Waals surface area (Å²) in [7, 11) is 1.58. The molecule has 0 fully saturated rings. The van der Waals surface area contributed by atoms with E-state index < -0.39 is 0 Å². The van der Waals surface area contributed by atoms with Gasteiger partial charge in [-0.15, -0.1) is 0 Å². The Labute approximate surface area is 115 Å². The highest BCUT2D eigenvalue weighted by Crippen LogP contribution is 2.27. The van der Waals surface area contributed by atoms with E-state index in [0.717, 1.165) is 11.1 Å². The summed E-state index contributed by atoms with van der Waals surface area (Å²) in [6.45, 7) is 2.49. The van der Waals surface area contributed by atoms with E-state index in [4.69, 9.17) is 9.47 Å². The van der Waals surface area contributed by atoms with Gasteiger partial charge in [0.15, 0.2) is 5.65 Å². The van der Waals surface area contributed by atoms with Crippen molar-refractivity contribution in [2.24, 2.45) is 0 Å². The molecular formula is C14H14N4O2. The van der Waals surface area contributed by atoms with Crippen molar-refractivity contribution in [1.82, 2.24) is 19.9 Å². The molecule has 3 aromatic rings. The van der Waals surface area contributed by atoms with Crippen molar-refractivity contribution in [3.63, 3.8) is 0 Å². The lowest BCUT2D eigenvalue weighted by molar-refractivity contribution is 0.328. The maximum absolute atomic E-state index is 5.37. The van der Waals surface area contributed by atoms with Crippen molar-refractivity contribution in [2.75, 3.05) is 13.7 Å². The Bertz CT molecular complexity index is 739. The van der Waals surface area contributed by atoms with E-state index in [1.165, 1.54) is 0 Å². The number of fused-ring (bicyclic) bond motifs is 1. The van der Waals surface area contributed by atoms with E-state index in [-0.39, 0.29) is 0 Å². The number of imidazole rings is 1. The number of aromatic amines is 1. The van der Waals surface area contributed by atoms with Crippen molar-refractivity contribution >= 4 is 11.2 Å². The van der Waals surface area contributed by atoms with Crippen LogP contribution in [0.1, 0.15) is 6.92 Å². The molecule has 0 bridgehead atoms. The zero-order valence-corrected chi connectivity index (χ0v) is 11.3. The molecule has 0 aliphatic carbocycles. The van der Waals surface area contributed by atoms with Gasteiger partial charge in [-0.1, -0.05) is 0 Å². The Hall–Kier alpha value is -2.63. The minimum Gasteiger partial charge on any atom is -0.480 e. The van der Waals surface area contributed by atoms with E-state index in [1.54, 1.807) is 13.3 Å². The Morgan fingerprint density at radius 1 is 1.20 bits per heavy atom. The van der Waals surface area contributed by atoms with E-state index in [0.29, 0.717) is 29.8 Å². The van der Waals surface area contributed by atoms with E-state index in [1.807, 2.05) is 31.2 Å². The van der Waals surface area contributed by atoms with E-state index >= 15 is 0 Å². The number of aromatic nitrogens is 4. The molecule has 0 aromatic carbocycles. The molecule has 3 heterocycles. The summed E-state index contributed by atoms with van der Waals surface area (Å²) < 4.78 is 10.6. The van der Waals surface area contributed by atoms with Gasteiger partial charge in [0.25, 0.3) is 0 Å². The first-order valence-electron chi connectivity index (χ1n) is 6.30. The minimum atomic E-state index is 0.525. The third-order valence-corrected chi connectivity index (χ3v) is 2.83. The normalized spacial score (nSPS) is 10.7. The van der Waals surface area contributed by atoms with Crippen molar-refractivity contribution in [1.29, 1.82) is 0 Å². The third kappa shape index (κ3) is 2.16. The van der Waals surface area contributed by atoms with Gasteiger partial charge in [0, 0.05) is 12.3 Å². The molecule has 20 heavy (non-hydrogen) atoms. The Balaban J connectivity index is 2.08. The molecule has 0 spiro atoms. The molecule has 102 valence electrons. The number of ether oxygens (including phenoxy) is 2. The monoisotopic (exact) mass is 270 g/mol. The number of hydrogen-bond acceptors (Lipinski definition) is 5. The number of methoxy groups -OCH3 is 1. The number of H-pyrrole nitrogens is 1. The summed E-state index contributed by atoms with van der Waals surface area (Å²) in [6.07, 6.45) is 1.68. The first-order valence-corrected chi connectivity index (χ1v) is 6.30. The second kappa shape index (κ2) is 5.16. The third-order valence-electron chi connectivity index (χ3n) is 2.83. The largest absolute Gasteiger partial charge is 0.480 e. The fraction of sp³-hybridized carbons (Fsp3) is 0.214. The van der Waals surface area contributed by atoms with Gasteiger partial charge in [0.1, 0.15) is 5.82 Å². The van der Waals surface area contributed by atoms with Crippen molar-refractivity contribution < 1.29 is 9.47 Å². The second-order valence-electron chi connectivity index (χ2n) is 4.10. The van der Waals surface area contributed by atoms with Crippen LogP contribution < -0.4 is 9.47 Å². The first-order chi connectivity index (χ1) is 9.81. The molecule has 0 aliphatic heterocycles. The molecular weight excluding hydrogens is 256 g/mol. The molecule has 6 nitrogen and oxygen atoms in total.